The molecule has 0 saturated carbocycles. The average Bonchev–Trinajstić information content (AvgIpc) is 2.39. The van der Waals surface area contributed by atoms with Crippen LogP contribution >= 0.6 is 0 Å². The van der Waals surface area contributed by atoms with E-state index in [4.69, 9.17) is 9.47 Å². The lowest BCUT2D eigenvalue weighted by atomic mass is 9.83. The van der Waals surface area contributed by atoms with E-state index in [2.05, 4.69) is 0 Å². The highest BCUT2D eigenvalue weighted by Gasteiger charge is 2.64. The van der Waals surface area contributed by atoms with Gasteiger partial charge in [0, 0.05) is 0 Å². The molecule has 12 heavy (non-hydrogen) atoms. The van der Waals surface area contributed by atoms with Crippen molar-refractivity contribution in [2.24, 2.45) is 0 Å². The van der Waals surface area contributed by atoms with E-state index in [1.165, 1.54) is 0 Å². The van der Waals surface area contributed by atoms with Crippen LogP contribution in [0.25, 0.3) is 0 Å². The fourth-order valence-electron chi connectivity index (χ4n) is 1.96. The van der Waals surface area contributed by atoms with Crippen molar-refractivity contribution >= 4 is 0 Å². The second-order valence-electron chi connectivity index (χ2n) is 3.87. The molecule has 2 aliphatic heterocycles. The van der Waals surface area contributed by atoms with Crippen molar-refractivity contribution in [3.8, 4) is 0 Å². The molecule has 0 spiro atoms. The quantitative estimate of drug-likeness (QED) is 0.509. The highest BCUT2D eigenvalue weighted by molar-refractivity contribution is 5.13. The van der Waals surface area contributed by atoms with Gasteiger partial charge in [-0.25, -0.2) is 0 Å². The first-order valence-corrected chi connectivity index (χ1v) is 4.15. The van der Waals surface area contributed by atoms with E-state index < -0.39 is 23.4 Å². The first-order chi connectivity index (χ1) is 5.51. The molecule has 2 fully saturated rings. The van der Waals surface area contributed by atoms with Crippen molar-refractivity contribution in [3.05, 3.63) is 0 Å². The summed E-state index contributed by atoms with van der Waals surface area (Å²) in [6.07, 6.45) is -1.28. The molecule has 0 aliphatic carbocycles. The summed E-state index contributed by atoms with van der Waals surface area (Å²) in [5.74, 6) is 0. The number of fused-ring (bicyclic) bond motifs is 1. The molecule has 2 saturated heterocycles. The molecule has 2 aliphatic rings. The largest absolute Gasteiger partial charge is 0.388 e. The van der Waals surface area contributed by atoms with Crippen LogP contribution in [-0.4, -0.2) is 46.8 Å². The van der Waals surface area contributed by atoms with Crippen LogP contribution in [0.2, 0.25) is 0 Å². The van der Waals surface area contributed by atoms with Gasteiger partial charge in [0.2, 0.25) is 0 Å². The highest BCUT2D eigenvalue weighted by Crippen LogP contribution is 2.45. The van der Waals surface area contributed by atoms with Crippen LogP contribution in [0.1, 0.15) is 13.8 Å². The van der Waals surface area contributed by atoms with E-state index in [9.17, 15) is 10.2 Å². The second-order valence-corrected chi connectivity index (χ2v) is 3.87. The molecule has 0 aromatic carbocycles. The Hall–Kier alpha value is -0.160. The van der Waals surface area contributed by atoms with Crippen molar-refractivity contribution in [3.63, 3.8) is 0 Å². The Balaban J connectivity index is 2.37. The van der Waals surface area contributed by atoms with Gasteiger partial charge < -0.3 is 19.7 Å². The lowest BCUT2D eigenvalue weighted by Gasteiger charge is -2.33. The van der Waals surface area contributed by atoms with Crippen molar-refractivity contribution < 1.29 is 19.7 Å². The van der Waals surface area contributed by atoms with E-state index in [1.54, 1.807) is 13.8 Å². The summed E-state index contributed by atoms with van der Waals surface area (Å²) in [5.41, 5.74) is -1.49. The van der Waals surface area contributed by atoms with Crippen molar-refractivity contribution in [1.82, 2.24) is 0 Å². The Morgan fingerprint density at radius 2 is 1.33 bits per heavy atom. The van der Waals surface area contributed by atoms with Crippen LogP contribution < -0.4 is 0 Å². The van der Waals surface area contributed by atoms with Crippen LogP contribution in [0.3, 0.4) is 0 Å². The maximum Gasteiger partial charge on any atom is 0.125 e. The molecule has 0 bridgehead atoms. The van der Waals surface area contributed by atoms with Gasteiger partial charge in [0.05, 0.1) is 13.2 Å². The van der Waals surface area contributed by atoms with Crippen LogP contribution in [0, 0.1) is 0 Å². The summed E-state index contributed by atoms with van der Waals surface area (Å²) in [7, 11) is 0. The Morgan fingerprint density at radius 1 is 1.00 bits per heavy atom. The van der Waals surface area contributed by atoms with Gasteiger partial charge >= 0.3 is 0 Å². The SMILES string of the molecule is CC12OCC(O)C1(C)OCC2O. The predicted octanol–water partition coefficient (Wildman–Crippen LogP) is -0.714. The van der Waals surface area contributed by atoms with Gasteiger partial charge in [-0.3, -0.25) is 0 Å². The van der Waals surface area contributed by atoms with Crippen LogP contribution in [0.15, 0.2) is 0 Å². The smallest absolute Gasteiger partial charge is 0.125 e. The molecule has 0 amide bonds. The fourth-order valence-corrected chi connectivity index (χ4v) is 1.96. The van der Waals surface area contributed by atoms with Gasteiger partial charge in [0.15, 0.2) is 0 Å². The molecular formula is C8H14O4. The summed E-state index contributed by atoms with van der Waals surface area (Å²) in [6.45, 7) is 4.04. The van der Waals surface area contributed by atoms with Gasteiger partial charge in [-0.2, -0.15) is 0 Å². The molecule has 2 rings (SSSR count). The fraction of sp³-hybridized carbons (Fsp3) is 1.00. The molecule has 2 N–H and O–H groups in total. The third-order valence-corrected chi connectivity index (χ3v) is 3.34. The van der Waals surface area contributed by atoms with Gasteiger partial charge in [0.25, 0.3) is 0 Å². The van der Waals surface area contributed by atoms with E-state index >= 15 is 0 Å². The standard InChI is InChI=1S/C8H14O4/c1-7-5(9)3-12-8(7,2)6(10)4-11-7/h5-6,9-10H,3-4H2,1-2H3. The summed E-state index contributed by atoms with van der Waals surface area (Å²) in [4.78, 5) is 0. The zero-order valence-electron chi connectivity index (χ0n) is 7.28. The maximum absolute atomic E-state index is 9.58. The molecule has 70 valence electrons. The number of aliphatic hydroxyl groups is 2. The molecular weight excluding hydrogens is 160 g/mol. The molecule has 0 aromatic rings. The number of hydrogen-bond acceptors (Lipinski definition) is 4. The minimum atomic E-state index is -0.744. The monoisotopic (exact) mass is 174 g/mol. The first kappa shape index (κ1) is 8.44. The molecule has 2 heterocycles. The summed E-state index contributed by atoms with van der Waals surface area (Å²) in [5, 5.41) is 19.2. The van der Waals surface area contributed by atoms with Crippen LogP contribution in [-0.2, 0) is 9.47 Å². The third-order valence-electron chi connectivity index (χ3n) is 3.34. The zero-order valence-corrected chi connectivity index (χ0v) is 7.28. The zero-order chi connectivity index (χ0) is 8.98. The summed E-state index contributed by atoms with van der Waals surface area (Å²) in [6, 6.07) is 0. The summed E-state index contributed by atoms with van der Waals surface area (Å²) >= 11 is 0. The van der Waals surface area contributed by atoms with Gasteiger partial charge in [-0.05, 0) is 13.8 Å². The van der Waals surface area contributed by atoms with E-state index in [0.717, 1.165) is 0 Å². The van der Waals surface area contributed by atoms with Crippen molar-refractivity contribution in [2.75, 3.05) is 13.2 Å². The van der Waals surface area contributed by atoms with Gasteiger partial charge in [-0.1, -0.05) is 0 Å². The number of rotatable bonds is 0. The average molecular weight is 174 g/mol. The van der Waals surface area contributed by atoms with Crippen LogP contribution in [0.4, 0.5) is 0 Å². The third kappa shape index (κ3) is 0.713. The number of ether oxygens (including phenoxy) is 2. The Morgan fingerprint density at radius 3 is 1.67 bits per heavy atom. The van der Waals surface area contributed by atoms with E-state index in [-0.39, 0.29) is 13.2 Å². The van der Waals surface area contributed by atoms with E-state index in [1.807, 2.05) is 0 Å². The Bertz CT molecular complexity index is 185. The number of hydrogen-bond donors (Lipinski definition) is 2. The van der Waals surface area contributed by atoms with Crippen LogP contribution in [0.5, 0.6) is 0 Å². The predicted molar refractivity (Wildman–Crippen MR) is 40.7 cm³/mol. The lowest BCUT2D eigenvalue weighted by Crippen LogP contribution is -2.53. The molecule has 4 nitrogen and oxygen atoms in total. The normalized spacial score (nSPS) is 59.0. The second kappa shape index (κ2) is 2.20. The van der Waals surface area contributed by atoms with E-state index in [0.29, 0.717) is 0 Å². The molecule has 4 heteroatoms. The topological polar surface area (TPSA) is 58.9 Å². The van der Waals surface area contributed by atoms with Gasteiger partial charge in [0.1, 0.15) is 23.4 Å². The molecule has 4 unspecified atom stereocenters. The Kier molecular flexibility index (Phi) is 1.55. The van der Waals surface area contributed by atoms with Crippen molar-refractivity contribution in [2.45, 2.75) is 37.3 Å². The minimum Gasteiger partial charge on any atom is -0.388 e. The maximum atomic E-state index is 9.58. The van der Waals surface area contributed by atoms with Crippen molar-refractivity contribution in [1.29, 1.82) is 0 Å². The summed E-state index contributed by atoms with van der Waals surface area (Å²) < 4.78 is 10.7. The molecule has 0 aromatic heterocycles. The minimum absolute atomic E-state index is 0.240. The Labute approximate surface area is 71.1 Å². The molecule has 0 radical (unpaired) electrons. The number of aliphatic hydroxyl groups excluding tert-OH is 2. The first-order valence-electron chi connectivity index (χ1n) is 4.15. The lowest BCUT2D eigenvalue weighted by molar-refractivity contribution is -0.107. The highest BCUT2D eigenvalue weighted by atomic mass is 16.6. The van der Waals surface area contributed by atoms with Gasteiger partial charge in [-0.15, -0.1) is 0 Å². The molecule has 4 atom stereocenters.